The number of hydrogen-bond acceptors (Lipinski definition) is 13. The molecule has 0 bridgehead atoms. The largest absolute Gasteiger partial charge is 0.496 e. The van der Waals surface area contributed by atoms with E-state index in [1.165, 1.54) is 20.3 Å². The van der Waals surface area contributed by atoms with Gasteiger partial charge in [0.05, 0.1) is 50.1 Å². The smallest absolute Gasteiger partial charge is 0.305 e. The number of nitrogens with one attached hydrogen (secondary N) is 3. The van der Waals surface area contributed by atoms with Crippen molar-refractivity contribution in [2.24, 2.45) is 0 Å². The molecule has 0 atom stereocenters. The topological polar surface area (TPSA) is 206 Å². The number of H-pyrrole nitrogens is 2. The van der Waals surface area contributed by atoms with Gasteiger partial charge in [-0.1, -0.05) is 43.8 Å². The number of halogens is 3. The second-order valence-electron chi connectivity index (χ2n) is 14.6. The van der Waals surface area contributed by atoms with Gasteiger partial charge >= 0.3 is 5.69 Å². The Morgan fingerprint density at radius 1 is 0.754 bits per heavy atom. The molecule has 8 rings (SSSR count). The van der Waals surface area contributed by atoms with Crippen molar-refractivity contribution in [3.63, 3.8) is 0 Å². The van der Waals surface area contributed by atoms with Crippen molar-refractivity contribution in [1.82, 2.24) is 34.8 Å². The minimum absolute atomic E-state index is 0. The number of ether oxygens (including phenoxy) is 2. The van der Waals surface area contributed by atoms with Gasteiger partial charge in [-0.25, -0.2) is 19.9 Å². The van der Waals surface area contributed by atoms with Crippen LogP contribution in [0, 0.1) is 26.0 Å². The van der Waals surface area contributed by atoms with E-state index in [1.54, 1.807) is 18.5 Å². The van der Waals surface area contributed by atoms with Crippen LogP contribution >= 0.6 is 31.9 Å². The summed E-state index contributed by atoms with van der Waals surface area (Å²) in [7, 11) is 8.64. The summed E-state index contributed by atoms with van der Waals surface area (Å²) in [5.74, 6) is 0.407. The van der Waals surface area contributed by atoms with Crippen LogP contribution in [0.25, 0.3) is 44.3 Å². The number of likely N-dealkylation sites (N-methyl/N-ethyl adjacent to an activating group) is 2. The van der Waals surface area contributed by atoms with Crippen molar-refractivity contribution in [3.05, 3.63) is 144 Å². The molecule has 20 heteroatoms. The van der Waals surface area contributed by atoms with Gasteiger partial charge in [0.2, 0.25) is 11.8 Å². The van der Waals surface area contributed by atoms with E-state index in [4.69, 9.17) is 9.47 Å². The zero-order valence-corrected chi connectivity index (χ0v) is 38.2. The molecule has 17 nitrogen and oxygen atoms in total. The summed E-state index contributed by atoms with van der Waals surface area (Å²) in [6.45, 7) is 1.37. The van der Waals surface area contributed by atoms with Crippen LogP contribution in [0.1, 0.15) is 18.8 Å². The maximum atomic E-state index is 13.9. The van der Waals surface area contributed by atoms with Gasteiger partial charge in [-0.2, -0.15) is 4.39 Å². The molecule has 0 radical (unpaired) electrons. The fourth-order valence-corrected chi connectivity index (χ4v) is 7.73. The summed E-state index contributed by atoms with van der Waals surface area (Å²) >= 11 is 7.03. The molecule has 4 aromatic carbocycles. The van der Waals surface area contributed by atoms with Crippen molar-refractivity contribution < 1.29 is 23.7 Å². The summed E-state index contributed by atoms with van der Waals surface area (Å²) < 4.78 is 26.1. The minimum Gasteiger partial charge on any atom is -0.496 e. The molecule has 0 aliphatic rings. The van der Waals surface area contributed by atoms with Gasteiger partial charge in [-0.05, 0) is 58.1 Å². The maximum Gasteiger partial charge on any atom is 0.305 e. The Labute approximate surface area is 389 Å². The number of methoxy groups -OCH3 is 2. The molecule has 0 saturated carbocycles. The summed E-state index contributed by atoms with van der Waals surface area (Å²) in [5, 5.41) is 28.1. The first-order valence-electron chi connectivity index (χ1n) is 19.4. The predicted octanol–water partition coefficient (Wildman–Crippen LogP) is 10.7. The summed E-state index contributed by atoms with van der Waals surface area (Å²) in [6, 6.07) is 21.1. The van der Waals surface area contributed by atoms with E-state index < -0.39 is 21.4 Å². The van der Waals surface area contributed by atoms with Crippen molar-refractivity contribution in [1.29, 1.82) is 0 Å². The molecular weight excluding hydrogens is 969 g/mol. The molecule has 0 aliphatic carbocycles. The molecular formula is C45H44Br2FN11O6. The van der Waals surface area contributed by atoms with E-state index >= 15 is 0 Å². The number of rotatable bonds is 14. The Bertz CT molecular complexity index is 3020. The lowest BCUT2D eigenvalue weighted by atomic mass is 10.1. The van der Waals surface area contributed by atoms with E-state index in [-0.39, 0.29) is 31.2 Å². The summed E-state index contributed by atoms with van der Waals surface area (Å²) in [5.41, 5.74) is 5.79. The van der Waals surface area contributed by atoms with Crippen molar-refractivity contribution in [2.75, 3.05) is 58.7 Å². The van der Waals surface area contributed by atoms with E-state index in [1.807, 2.05) is 91.9 Å². The fraction of sp³-hybridized carbons (Fsp3) is 0.200. The lowest BCUT2D eigenvalue weighted by Gasteiger charge is -2.22. The number of para-hydroxylation sites is 2. The van der Waals surface area contributed by atoms with Crippen LogP contribution in [0.4, 0.5) is 33.1 Å². The van der Waals surface area contributed by atoms with E-state index in [0.717, 1.165) is 56.1 Å². The Balaban J connectivity index is 0.000000216. The number of hydrogen-bond donors (Lipinski definition) is 3. The number of nitro benzene ring substituents is 2. The first-order chi connectivity index (χ1) is 30.8. The van der Waals surface area contributed by atoms with E-state index in [9.17, 15) is 24.6 Å². The Kier molecular flexibility index (Phi) is 15.1. The standard InChI is InChI=1S/C24H26BrN7O3.C20H14BrFN4O3.CH4/c1-30(2)9-10-31(3)20-12-22(35-4)19(11-21(20)32(33)34)28-24-27-14-17(25)23(29-24)16-13-26-18-8-6-5-7-15(16)18;1-29-18-8-15(22)17(26(27)28)6-11(18)7-19-24-10-14(21)20(25-19)13-9-23-16-5-3-2-4-12(13)16;/h5-8,11-14,26H,9-10H2,1-4H3,(H,27,28,29);2-6,8-10,23H,7H2,1H3;1H4. The molecule has 0 fully saturated rings. The average Bonchev–Trinajstić information content (AvgIpc) is 3.92. The van der Waals surface area contributed by atoms with Gasteiger partial charge in [-0.15, -0.1) is 0 Å². The lowest BCUT2D eigenvalue weighted by Crippen LogP contribution is -2.28. The first-order valence-corrected chi connectivity index (χ1v) is 21.0. The lowest BCUT2D eigenvalue weighted by molar-refractivity contribution is -0.387. The number of fused-ring (bicyclic) bond motifs is 2. The molecule has 8 aromatic rings. The van der Waals surface area contributed by atoms with Crippen molar-refractivity contribution in [2.45, 2.75) is 13.8 Å². The molecule has 4 aromatic heterocycles. The Morgan fingerprint density at radius 2 is 1.32 bits per heavy atom. The average molecular weight is 1010 g/mol. The number of anilines is 3. The fourth-order valence-electron chi connectivity index (χ4n) is 6.92. The van der Waals surface area contributed by atoms with Crippen LogP contribution in [-0.4, -0.2) is 93.1 Å². The minimum atomic E-state index is -0.952. The third kappa shape index (κ3) is 10.5. The highest BCUT2D eigenvalue weighted by atomic mass is 79.9. The van der Waals surface area contributed by atoms with Gasteiger partial charge in [0, 0.05) is 114 Å². The van der Waals surface area contributed by atoms with Crippen LogP contribution in [-0.2, 0) is 6.42 Å². The van der Waals surface area contributed by atoms with Gasteiger partial charge < -0.3 is 34.6 Å². The van der Waals surface area contributed by atoms with Crippen molar-refractivity contribution >= 4 is 82.4 Å². The molecule has 0 unspecified atom stereocenters. The summed E-state index contributed by atoms with van der Waals surface area (Å²) in [4.78, 5) is 50.1. The highest BCUT2D eigenvalue weighted by molar-refractivity contribution is 9.11. The van der Waals surface area contributed by atoms with E-state index in [0.29, 0.717) is 50.9 Å². The molecule has 4 heterocycles. The monoisotopic (exact) mass is 1010 g/mol. The van der Waals surface area contributed by atoms with Gasteiger partial charge in [0.25, 0.3) is 5.69 Å². The summed E-state index contributed by atoms with van der Waals surface area (Å²) in [6.07, 6.45) is 7.18. The third-order valence-electron chi connectivity index (χ3n) is 10.2. The molecule has 0 spiro atoms. The van der Waals surface area contributed by atoms with Crippen LogP contribution in [0.15, 0.2) is 107 Å². The second kappa shape index (κ2) is 20.6. The number of aromatic amines is 2. The zero-order chi connectivity index (χ0) is 45.7. The van der Waals surface area contributed by atoms with Crippen LogP contribution in [0.5, 0.6) is 11.5 Å². The third-order valence-corrected chi connectivity index (χ3v) is 11.3. The van der Waals surface area contributed by atoms with Gasteiger partial charge in [0.1, 0.15) is 23.0 Å². The Hall–Kier alpha value is -7.03. The normalized spacial score (nSPS) is 10.9. The number of aromatic nitrogens is 6. The first kappa shape index (κ1) is 47.4. The predicted molar refractivity (Wildman–Crippen MR) is 258 cm³/mol. The van der Waals surface area contributed by atoms with Crippen LogP contribution < -0.4 is 19.7 Å². The molecule has 65 heavy (non-hydrogen) atoms. The van der Waals surface area contributed by atoms with Crippen LogP contribution in [0.2, 0.25) is 0 Å². The highest BCUT2D eigenvalue weighted by Crippen LogP contribution is 2.40. The number of nitrogens with zero attached hydrogens (tertiary/aromatic N) is 8. The molecule has 0 saturated heterocycles. The van der Waals surface area contributed by atoms with Crippen LogP contribution in [0.3, 0.4) is 0 Å². The maximum absolute atomic E-state index is 13.9. The quantitative estimate of drug-likeness (QED) is 0.0685. The second-order valence-corrected chi connectivity index (χ2v) is 16.3. The van der Waals surface area contributed by atoms with Gasteiger partial charge in [-0.3, -0.25) is 20.2 Å². The van der Waals surface area contributed by atoms with E-state index in [2.05, 4.69) is 67.1 Å². The molecule has 0 aliphatic heterocycles. The SMILES string of the molecule is C.COc1cc(F)c([N+](=O)[O-])cc1Cc1ncc(Br)c(-c2c[nH]c3ccccc23)n1.COc1cc(N(C)CCN(C)C)c([N+](=O)[O-])cc1Nc1ncc(Br)c(-c2c[nH]c3ccccc23)n1. The molecule has 336 valence electrons. The molecule has 3 N–H and O–H groups in total. The number of nitro groups is 2. The van der Waals surface area contributed by atoms with Crippen molar-refractivity contribution in [3.8, 4) is 34.0 Å². The van der Waals surface area contributed by atoms with Gasteiger partial charge in [0.15, 0.2) is 0 Å². The Morgan fingerprint density at radius 3 is 1.89 bits per heavy atom. The zero-order valence-electron chi connectivity index (χ0n) is 35.0. The highest BCUT2D eigenvalue weighted by Gasteiger charge is 2.24. The molecule has 0 amide bonds. The number of benzene rings is 4.